The Kier molecular flexibility index (Phi) is 2.03. The predicted octanol–water partition coefficient (Wildman–Crippen LogP) is 3.13. The monoisotopic (exact) mass is 238 g/mol. The van der Waals surface area contributed by atoms with Gasteiger partial charge in [0.15, 0.2) is 5.78 Å². The van der Waals surface area contributed by atoms with Crippen molar-refractivity contribution >= 4 is 21.7 Å². The maximum atomic E-state index is 11.7. The normalized spacial score (nSPS) is 20.5. The number of benzene rings is 1. The molecule has 0 radical (unpaired) electrons. The van der Waals surface area contributed by atoms with Crippen molar-refractivity contribution in [3.63, 3.8) is 0 Å². The number of aryl methyl sites for hydroxylation is 1. The van der Waals surface area contributed by atoms with Crippen LogP contribution < -0.4 is 0 Å². The third-order valence-electron chi connectivity index (χ3n) is 2.54. The second kappa shape index (κ2) is 2.95. The number of rotatable bonds is 0. The van der Waals surface area contributed by atoms with Crippen LogP contribution in [0.25, 0.3) is 0 Å². The van der Waals surface area contributed by atoms with E-state index >= 15 is 0 Å². The number of Topliss-reactive ketones (excluding diaryl/α,β-unsaturated/α-hetero) is 1. The first-order valence-corrected chi connectivity index (χ1v) is 5.22. The number of fused-ring (bicyclic) bond motifs is 1. The summed E-state index contributed by atoms with van der Waals surface area (Å²) < 4.78 is 0.955. The average molecular weight is 239 g/mol. The Bertz CT molecular complexity index is 382. The lowest BCUT2D eigenvalue weighted by Crippen LogP contribution is -2.03. The molecule has 1 aromatic rings. The fraction of sp³-hybridized carbons (Fsp3) is 0.364. The quantitative estimate of drug-likeness (QED) is 0.679. The Morgan fingerprint density at radius 1 is 1.46 bits per heavy atom. The fourth-order valence-electron chi connectivity index (χ4n) is 1.92. The van der Waals surface area contributed by atoms with Crippen LogP contribution in [0.4, 0.5) is 0 Å². The van der Waals surface area contributed by atoms with Crippen LogP contribution in [0, 0.1) is 12.8 Å². The molecule has 1 aliphatic carbocycles. The van der Waals surface area contributed by atoms with Gasteiger partial charge in [-0.1, -0.05) is 28.9 Å². The number of hydrogen-bond donors (Lipinski definition) is 0. The molecule has 1 atom stereocenters. The smallest absolute Gasteiger partial charge is 0.167 e. The molecule has 1 aliphatic rings. The molecule has 1 nitrogen and oxygen atoms in total. The lowest BCUT2D eigenvalue weighted by atomic mass is 10.1. The summed E-state index contributed by atoms with van der Waals surface area (Å²) in [6.07, 6.45) is 0.897. The standard InChI is InChI=1S/C11H11BrO/c1-6-3-8-5-7(2)11(13)10(8)9(12)4-6/h3-4,7H,5H2,1-2H3. The van der Waals surface area contributed by atoms with E-state index in [4.69, 9.17) is 0 Å². The molecular formula is C11H11BrO. The topological polar surface area (TPSA) is 17.1 Å². The Morgan fingerprint density at radius 3 is 2.85 bits per heavy atom. The maximum absolute atomic E-state index is 11.7. The number of hydrogen-bond acceptors (Lipinski definition) is 1. The van der Waals surface area contributed by atoms with Crippen molar-refractivity contribution in [2.24, 2.45) is 5.92 Å². The van der Waals surface area contributed by atoms with E-state index in [1.54, 1.807) is 0 Å². The van der Waals surface area contributed by atoms with E-state index in [-0.39, 0.29) is 11.7 Å². The van der Waals surface area contributed by atoms with Crippen molar-refractivity contribution in [2.75, 3.05) is 0 Å². The molecule has 13 heavy (non-hydrogen) atoms. The highest BCUT2D eigenvalue weighted by molar-refractivity contribution is 9.10. The van der Waals surface area contributed by atoms with Gasteiger partial charge in [-0.3, -0.25) is 4.79 Å². The minimum absolute atomic E-state index is 0.160. The first kappa shape index (κ1) is 8.95. The van der Waals surface area contributed by atoms with Gasteiger partial charge in [0, 0.05) is 16.0 Å². The van der Waals surface area contributed by atoms with Crippen molar-refractivity contribution in [3.8, 4) is 0 Å². The molecule has 0 amide bonds. The second-order valence-corrected chi connectivity index (χ2v) is 4.60. The fourth-order valence-corrected chi connectivity index (χ4v) is 2.73. The molecule has 0 heterocycles. The molecule has 2 rings (SSSR count). The van der Waals surface area contributed by atoms with Gasteiger partial charge in [-0.2, -0.15) is 0 Å². The molecule has 0 bridgehead atoms. The van der Waals surface area contributed by atoms with Crippen molar-refractivity contribution in [2.45, 2.75) is 20.3 Å². The van der Waals surface area contributed by atoms with E-state index in [9.17, 15) is 4.79 Å². The lowest BCUT2D eigenvalue weighted by molar-refractivity contribution is 0.0945. The van der Waals surface area contributed by atoms with Gasteiger partial charge >= 0.3 is 0 Å². The zero-order chi connectivity index (χ0) is 9.59. The van der Waals surface area contributed by atoms with Crippen LogP contribution in [0.3, 0.4) is 0 Å². The first-order valence-electron chi connectivity index (χ1n) is 4.43. The summed E-state index contributed by atoms with van der Waals surface area (Å²) in [5, 5.41) is 0. The summed E-state index contributed by atoms with van der Waals surface area (Å²) in [5.74, 6) is 0.440. The van der Waals surface area contributed by atoms with Crippen LogP contribution in [0.2, 0.25) is 0 Å². The van der Waals surface area contributed by atoms with Crippen molar-refractivity contribution < 1.29 is 4.79 Å². The van der Waals surface area contributed by atoms with Gasteiger partial charge in [-0.05, 0) is 30.5 Å². The molecule has 0 aliphatic heterocycles. The number of carbonyl (C=O) groups is 1. The van der Waals surface area contributed by atoms with Crippen molar-refractivity contribution in [3.05, 3.63) is 33.3 Å². The Hall–Kier alpha value is -0.630. The zero-order valence-electron chi connectivity index (χ0n) is 7.73. The molecular weight excluding hydrogens is 228 g/mol. The maximum Gasteiger partial charge on any atom is 0.167 e. The second-order valence-electron chi connectivity index (χ2n) is 3.75. The van der Waals surface area contributed by atoms with Gasteiger partial charge in [0.1, 0.15) is 0 Å². The van der Waals surface area contributed by atoms with E-state index < -0.39 is 0 Å². The molecule has 0 saturated heterocycles. The van der Waals surface area contributed by atoms with Gasteiger partial charge in [0.25, 0.3) is 0 Å². The molecule has 1 aromatic carbocycles. The van der Waals surface area contributed by atoms with E-state index in [2.05, 4.69) is 28.9 Å². The van der Waals surface area contributed by atoms with Crippen LogP contribution in [-0.4, -0.2) is 5.78 Å². The molecule has 0 fully saturated rings. The molecule has 0 aromatic heterocycles. The van der Waals surface area contributed by atoms with Crippen LogP contribution in [-0.2, 0) is 6.42 Å². The predicted molar refractivity (Wildman–Crippen MR) is 56.1 cm³/mol. The SMILES string of the molecule is Cc1cc(Br)c2c(c1)CC(C)C2=O. The van der Waals surface area contributed by atoms with Crippen LogP contribution in [0.15, 0.2) is 16.6 Å². The highest BCUT2D eigenvalue weighted by Gasteiger charge is 2.28. The van der Waals surface area contributed by atoms with Gasteiger partial charge in [0.2, 0.25) is 0 Å². The van der Waals surface area contributed by atoms with E-state index in [1.165, 1.54) is 11.1 Å². The van der Waals surface area contributed by atoms with Gasteiger partial charge in [-0.15, -0.1) is 0 Å². The molecule has 1 unspecified atom stereocenters. The number of carbonyl (C=O) groups excluding carboxylic acids is 1. The highest BCUT2D eigenvalue weighted by atomic mass is 79.9. The first-order chi connectivity index (χ1) is 6.09. The van der Waals surface area contributed by atoms with Crippen molar-refractivity contribution in [1.82, 2.24) is 0 Å². The third-order valence-corrected chi connectivity index (χ3v) is 3.16. The van der Waals surface area contributed by atoms with E-state index in [1.807, 2.05) is 13.0 Å². The summed E-state index contributed by atoms with van der Waals surface area (Å²) in [4.78, 5) is 11.7. The molecule has 0 saturated carbocycles. The third kappa shape index (κ3) is 1.33. The minimum atomic E-state index is 0.160. The zero-order valence-corrected chi connectivity index (χ0v) is 9.31. The molecule has 2 heteroatoms. The Labute approximate surface area is 86.3 Å². The summed E-state index contributed by atoms with van der Waals surface area (Å²) >= 11 is 3.45. The van der Waals surface area contributed by atoms with Crippen LogP contribution in [0.1, 0.15) is 28.4 Å². The van der Waals surface area contributed by atoms with Crippen molar-refractivity contribution in [1.29, 1.82) is 0 Å². The van der Waals surface area contributed by atoms with E-state index in [0.717, 1.165) is 16.5 Å². The van der Waals surface area contributed by atoms with Crippen LogP contribution >= 0.6 is 15.9 Å². The lowest BCUT2D eigenvalue weighted by Gasteiger charge is -2.02. The van der Waals surface area contributed by atoms with E-state index in [0.29, 0.717) is 0 Å². The Morgan fingerprint density at radius 2 is 2.15 bits per heavy atom. The molecule has 0 spiro atoms. The number of halogens is 1. The summed E-state index contributed by atoms with van der Waals surface area (Å²) in [6.45, 7) is 4.04. The summed E-state index contributed by atoms with van der Waals surface area (Å²) in [6, 6.07) is 4.12. The minimum Gasteiger partial charge on any atom is -0.294 e. The summed E-state index contributed by atoms with van der Waals surface area (Å²) in [5.41, 5.74) is 3.31. The van der Waals surface area contributed by atoms with Crippen LogP contribution in [0.5, 0.6) is 0 Å². The average Bonchev–Trinajstić information content (AvgIpc) is 2.27. The van der Waals surface area contributed by atoms with Gasteiger partial charge < -0.3 is 0 Å². The molecule has 0 N–H and O–H groups in total. The summed E-state index contributed by atoms with van der Waals surface area (Å²) in [7, 11) is 0. The van der Waals surface area contributed by atoms with Gasteiger partial charge in [0.05, 0.1) is 0 Å². The molecule has 68 valence electrons. The largest absolute Gasteiger partial charge is 0.294 e. The number of ketones is 1. The Balaban J connectivity index is 2.64. The highest BCUT2D eigenvalue weighted by Crippen LogP contribution is 2.33. The van der Waals surface area contributed by atoms with Gasteiger partial charge in [-0.25, -0.2) is 0 Å².